The number of nitrogens with one attached hydrogen (secondary N) is 1. The number of aromatic nitrogens is 9. The summed E-state index contributed by atoms with van der Waals surface area (Å²) in [7, 11) is 1.64. The van der Waals surface area contributed by atoms with Crippen molar-refractivity contribution in [3.63, 3.8) is 0 Å². The topological polar surface area (TPSA) is 160 Å². The van der Waals surface area contributed by atoms with E-state index in [-0.39, 0.29) is 5.95 Å². The first-order valence-corrected chi connectivity index (χ1v) is 10.2. The number of methoxy groups -OCH3 is 1. The molecule has 4 aromatic heterocycles. The summed E-state index contributed by atoms with van der Waals surface area (Å²) in [5, 5.41) is 19.9. The van der Waals surface area contributed by atoms with Crippen molar-refractivity contribution in [1.29, 1.82) is 0 Å². The standard InChI is InChI=1S/C20H21N11O2/c1-32-12-10-30-27-16(26-29-30)14-6-4-13(5-7-14)8-9-22-19-24-18(21)31-20(25-19)23-17(28-31)15-3-2-11-33-15/h2-7,11H,8-10,12H2,1H3,(H3,21,22,23,24,25,28). The summed E-state index contributed by atoms with van der Waals surface area (Å²) < 4.78 is 11.7. The maximum Gasteiger partial charge on any atom is 0.259 e. The molecule has 5 aromatic rings. The van der Waals surface area contributed by atoms with Crippen molar-refractivity contribution in [1.82, 2.24) is 44.8 Å². The fourth-order valence-corrected chi connectivity index (χ4v) is 3.16. The number of tetrazole rings is 1. The number of hydrogen-bond donors (Lipinski definition) is 2. The summed E-state index contributed by atoms with van der Waals surface area (Å²) in [6, 6.07) is 11.5. The first kappa shape index (κ1) is 20.5. The van der Waals surface area contributed by atoms with Crippen LogP contribution >= 0.6 is 0 Å². The number of nitrogen functional groups attached to an aromatic ring is 1. The van der Waals surface area contributed by atoms with Gasteiger partial charge in [-0.05, 0) is 29.3 Å². The number of furan rings is 1. The molecule has 0 amide bonds. The lowest BCUT2D eigenvalue weighted by Gasteiger charge is -2.06. The quantitative estimate of drug-likeness (QED) is 0.335. The number of rotatable bonds is 9. The molecule has 13 heteroatoms. The first-order valence-electron chi connectivity index (χ1n) is 10.2. The Morgan fingerprint density at radius 3 is 2.73 bits per heavy atom. The normalized spacial score (nSPS) is 11.3. The SMILES string of the molecule is COCCn1nnc(-c2ccc(CCNc3nc(N)n4nc(-c5ccco5)nc4n3)cc2)n1. The lowest BCUT2D eigenvalue weighted by molar-refractivity contribution is 0.178. The van der Waals surface area contributed by atoms with E-state index < -0.39 is 0 Å². The minimum atomic E-state index is 0.184. The highest BCUT2D eigenvalue weighted by Gasteiger charge is 2.13. The van der Waals surface area contributed by atoms with Gasteiger partial charge in [-0.15, -0.1) is 15.3 Å². The van der Waals surface area contributed by atoms with E-state index in [1.165, 1.54) is 9.31 Å². The zero-order valence-corrected chi connectivity index (χ0v) is 17.8. The van der Waals surface area contributed by atoms with E-state index in [1.807, 2.05) is 24.3 Å². The molecule has 168 valence electrons. The van der Waals surface area contributed by atoms with Crippen LogP contribution in [0.3, 0.4) is 0 Å². The molecule has 1 aromatic carbocycles. The summed E-state index contributed by atoms with van der Waals surface area (Å²) in [4.78, 5) is 14.5. The molecule has 0 aliphatic rings. The Hall–Kier alpha value is -4.39. The summed E-state index contributed by atoms with van der Waals surface area (Å²) in [5.74, 6) is 2.41. The average molecular weight is 447 g/mol. The van der Waals surface area contributed by atoms with Crippen molar-refractivity contribution in [2.45, 2.75) is 13.0 Å². The van der Waals surface area contributed by atoms with Crippen molar-refractivity contribution >= 4 is 17.7 Å². The Labute approximate surface area is 187 Å². The van der Waals surface area contributed by atoms with Crippen LogP contribution in [0.2, 0.25) is 0 Å². The van der Waals surface area contributed by atoms with Gasteiger partial charge in [0.15, 0.2) is 5.76 Å². The third-order valence-corrected chi connectivity index (χ3v) is 4.83. The lowest BCUT2D eigenvalue weighted by atomic mass is 10.1. The van der Waals surface area contributed by atoms with Gasteiger partial charge < -0.3 is 20.2 Å². The molecule has 0 saturated carbocycles. The highest BCUT2D eigenvalue weighted by atomic mass is 16.5. The lowest BCUT2D eigenvalue weighted by Crippen LogP contribution is -2.12. The average Bonchev–Trinajstić information content (AvgIpc) is 3.59. The molecule has 33 heavy (non-hydrogen) atoms. The second-order valence-corrected chi connectivity index (χ2v) is 7.11. The van der Waals surface area contributed by atoms with Crippen LogP contribution in [-0.4, -0.2) is 65.0 Å². The van der Waals surface area contributed by atoms with Crippen LogP contribution < -0.4 is 11.1 Å². The first-order chi connectivity index (χ1) is 16.2. The smallest absolute Gasteiger partial charge is 0.259 e. The van der Waals surface area contributed by atoms with Crippen LogP contribution in [0.5, 0.6) is 0 Å². The maximum atomic E-state index is 6.02. The number of nitrogens with zero attached hydrogens (tertiary/aromatic N) is 9. The molecule has 3 N–H and O–H groups in total. The van der Waals surface area contributed by atoms with E-state index in [0.29, 0.717) is 48.8 Å². The van der Waals surface area contributed by atoms with Crippen molar-refractivity contribution in [3.8, 4) is 23.0 Å². The van der Waals surface area contributed by atoms with Gasteiger partial charge in [0.2, 0.25) is 23.5 Å². The summed E-state index contributed by atoms with van der Waals surface area (Å²) >= 11 is 0. The zero-order chi connectivity index (χ0) is 22.6. The highest BCUT2D eigenvalue weighted by Crippen LogP contribution is 2.18. The van der Waals surface area contributed by atoms with Crippen LogP contribution in [-0.2, 0) is 17.7 Å². The Balaban J connectivity index is 1.21. The predicted octanol–water partition coefficient (Wildman–Crippen LogP) is 1.32. The Morgan fingerprint density at radius 2 is 1.94 bits per heavy atom. The van der Waals surface area contributed by atoms with Crippen molar-refractivity contribution in [2.24, 2.45) is 0 Å². The van der Waals surface area contributed by atoms with Gasteiger partial charge in [0.1, 0.15) is 0 Å². The van der Waals surface area contributed by atoms with Gasteiger partial charge in [0, 0.05) is 19.2 Å². The largest absolute Gasteiger partial charge is 0.461 e. The van der Waals surface area contributed by atoms with Gasteiger partial charge in [-0.1, -0.05) is 24.3 Å². The summed E-state index contributed by atoms with van der Waals surface area (Å²) in [5.41, 5.74) is 8.05. The Morgan fingerprint density at radius 1 is 1.06 bits per heavy atom. The monoisotopic (exact) mass is 447 g/mol. The summed E-state index contributed by atoms with van der Waals surface area (Å²) in [6.45, 7) is 1.70. The van der Waals surface area contributed by atoms with Gasteiger partial charge in [0.25, 0.3) is 5.78 Å². The van der Waals surface area contributed by atoms with Gasteiger partial charge in [-0.3, -0.25) is 0 Å². The number of nitrogens with two attached hydrogens (primary N) is 1. The van der Waals surface area contributed by atoms with Gasteiger partial charge in [0.05, 0.1) is 19.4 Å². The fraction of sp³-hybridized carbons (Fsp3) is 0.250. The van der Waals surface area contributed by atoms with Gasteiger partial charge >= 0.3 is 0 Å². The van der Waals surface area contributed by atoms with Crippen molar-refractivity contribution < 1.29 is 9.15 Å². The molecule has 4 heterocycles. The third-order valence-electron chi connectivity index (χ3n) is 4.83. The summed E-state index contributed by atoms with van der Waals surface area (Å²) in [6.07, 6.45) is 2.31. The molecule has 0 unspecified atom stereocenters. The van der Waals surface area contributed by atoms with Crippen LogP contribution in [0.1, 0.15) is 5.56 Å². The van der Waals surface area contributed by atoms with Crippen LogP contribution in [0, 0.1) is 0 Å². The molecule has 13 nitrogen and oxygen atoms in total. The molecule has 0 atom stereocenters. The second-order valence-electron chi connectivity index (χ2n) is 7.11. The van der Waals surface area contributed by atoms with E-state index in [9.17, 15) is 0 Å². The molecule has 0 radical (unpaired) electrons. The van der Waals surface area contributed by atoms with Crippen LogP contribution in [0.25, 0.3) is 28.8 Å². The molecular weight excluding hydrogens is 426 g/mol. The predicted molar refractivity (Wildman–Crippen MR) is 118 cm³/mol. The van der Waals surface area contributed by atoms with E-state index in [4.69, 9.17) is 14.9 Å². The van der Waals surface area contributed by atoms with Gasteiger partial charge in [-0.25, -0.2) is 0 Å². The molecular formula is C20H21N11O2. The fourth-order valence-electron chi connectivity index (χ4n) is 3.16. The molecule has 0 fully saturated rings. The molecule has 5 rings (SSSR count). The minimum Gasteiger partial charge on any atom is -0.461 e. The van der Waals surface area contributed by atoms with Crippen molar-refractivity contribution in [3.05, 3.63) is 48.2 Å². The maximum absolute atomic E-state index is 6.02. The van der Waals surface area contributed by atoms with E-state index in [2.05, 4.69) is 40.8 Å². The van der Waals surface area contributed by atoms with E-state index in [0.717, 1.165) is 17.5 Å². The number of hydrogen-bond acceptors (Lipinski definition) is 11. The number of ether oxygens (including phenoxy) is 1. The van der Waals surface area contributed by atoms with E-state index >= 15 is 0 Å². The van der Waals surface area contributed by atoms with Crippen LogP contribution in [0.4, 0.5) is 11.9 Å². The molecule has 0 bridgehead atoms. The molecule has 0 saturated heterocycles. The van der Waals surface area contributed by atoms with Crippen molar-refractivity contribution in [2.75, 3.05) is 31.3 Å². The number of benzene rings is 1. The van der Waals surface area contributed by atoms with Crippen LogP contribution in [0.15, 0.2) is 47.1 Å². The van der Waals surface area contributed by atoms with Gasteiger partial charge in [-0.2, -0.15) is 24.3 Å². The van der Waals surface area contributed by atoms with E-state index in [1.54, 1.807) is 25.5 Å². The minimum absolute atomic E-state index is 0.184. The third kappa shape index (κ3) is 4.48. The number of fused-ring (bicyclic) bond motifs is 1. The molecule has 0 aliphatic heterocycles. The molecule has 0 spiro atoms. The second kappa shape index (κ2) is 9.00. The Kier molecular flexibility index (Phi) is 5.59. The highest BCUT2D eigenvalue weighted by molar-refractivity contribution is 5.54. The zero-order valence-electron chi connectivity index (χ0n) is 17.8. The Bertz CT molecular complexity index is 1340. The number of anilines is 2. The molecule has 0 aliphatic carbocycles.